The van der Waals surface area contributed by atoms with Crippen molar-refractivity contribution in [3.8, 4) is 11.5 Å². The van der Waals surface area contributed by atoms with Gasteiger partial charge < -0.3 is 14.8 Å². The van der Waals surface area contributed by atoms with Crippen LogP contribution >= 0.6 is 23.4 Å². The van der Waals surface area contributed by atoms with E-state index in [4.69, 9.17) is 16.3 Å². The fraction of sp³-hybridized carbons (Fsp3) is 0.222. The zero-order valence-electron chi connectivity index (χ0n) is 20.3. The molecule has 3 aromatic carbocycles. The molecule has 38 heavy (non-hydrogen) atoms. The maximum atomic E-state index is 13.2. The number of benzene rings is 3. The number of alkyl halides is 3. The molecule has 3 aromatic rings. The number of carbonyl (C=O) groups is 2. The van der Waals surface area contributed by atoms with Crippen LogP contribution in [0.4, 0.5) is 20.2 Å². The molecule has 0 radical (unpaired) electrons. The summed E-state index contributed by atoms with van der Waals surface area (Å²) >= 11 is 6.00. The van der Waals surface area contributed by atoms with E-state index in [0.29, 0.717) is 35.3 Å². The molecule has 1 fully saturated rings. The first-order valence-electron chi connectivity index (χ1n) is 11.6. The number of amides is 2. The summed E-state index contributed by atoms with van der Waals surface area (Å²) in [7, 11) is 1.55. The van der Waals surface area contributed by atoms with Gasteiger partial charge in [0, 0.05) is 30.3 Å². The summed E-state index contributed by atoms with van der Waals surface area (Å²) in [6.07, 6.45) is 0.588. The number of thioether (sulfide) groups is 1. The van der Waals surface area contributed by atoms with E-state index in [1.54, 1.807) is 36.3 Å². The number of methoxy groups -OCH3 is 1. The van der Waals surface area contributed by atoms with Crippen LogP contribution in [0.5, 0.6) is 11.5 Å². The number of hydrogen-bond donors (Lipinski definition) is 1. The molecule has 1 saturated heterocycles. The van der Waals surface area contributed by atoms with E-state index in [1.807, 2.05) is 30.3 Å². The van der Waals surface area contributed by atoms with Crippen molar-refractivity contribution < 1.29 is 27.8 Å². The minimum atomic E-state index is -3.84. The number of nitrogens with zero attached hydrogens (tertiary/aromatic N) is 2. The summed E-state index contributed by atoms with van der Waals surface area (Å²) in [5.74, 6) is -0.0639. The average molecular weight is 560 g/mol. The topological polar surface area (TPSA) is 80.2 Å². The van der Waals surface area contributed by atoms with Crippen molar-refractivity contribution in [3.05, 3.63) is 84.4 Å². The fourth-order valence-corrected chi connectivity index (χ4v) is 4.89. The molecule has 7 nitrogen and oxygen atoms in total. The summed E-state index contributed by atoms with van der Waals surface area (Å²) in [6, 6.07) is 22.1. The zero-order valence-corrected chi connectivity index (χ0v) is 21.8. The molecular formula is C27H24ClF2N3O4S. The van der Waals surface area contributed by atoms with Crippen molar-refractivity contribution in [3.63, 3.8) is 0 Å². The Morgan fingerprint density at radius 3 is 2.37 bits per heavy atom. The average Bonchev–Trinajstić information content (AvgIpc) is 2.89. The van der Waals surface area contributed by atoms with Gasteiger partial charge in [0.1, 0.15) is 16.7 Å². The van der Waals surface area contributed by atoms with Gasteiger partial charge in [0.2, 0.25) is 11.8 Å². The highest BCUT2D eigenvalue weighted by Crippen LogP contribution is 2.32. The maximum Gasteiger partial charge on any atom is 0.487 e. The molecule has 11 heteroatoms. The molecule has 0 unspecified atom stereocenters. The third-order valence-corrected chi connectivity index (χ3v) is 6.82. The quantitative estimate of drug-likeness (QED) is 0.322. The first kappa shape index (κ1) is 27.4. The molecular weight excluding hydrogens is 536 g/mol. The smallest absolute Gasteiger partial charge is 0.487 e. The lowest BCUT2D eigenvalue weighted by Gasteiger charge is -2.32. The first-order chi connectivity index (χ1) is 18.2. The van der Waals surface area contributed by atoms with Crippen molar-refractivity contribution >= 4 is 51.7 Å². The van der Waals surface area contributed by atoms with E-state index in [1.165, 1.54) is 36.0 Å². The predicted octanol–water partition coefficient (Wildman–Crippen LogP) is 6.07. The molecule has 2 amide bonds. The van der Waals surface area contributed by atoms with Crippen LogP contribution in [-0.4, -0.2) is 46.4 Å². The number of hydrogen-bond acceptors (Lipinski definition) is 6. The Bertz CT molecular complexity index is 1290. The van der Waals surface area contributed by atoms with Crippen LogP contribution in [-0.2, 0) is 16.0 Å². The van der Waals surface area contributed by atoms with Gasteiger partial charge in [-0.25, -0.2) is 4.99 Å². The van der Waals surface area contributed by atoms with Crippen LogP contribution in [0.2, 0.25) is 0 Å². The van der Waals surface area contributed by atoms with Gasteiger partial charge in [0.15, 0.2) is 5.17 Å². The van der Waals surface area contributed by atoms with Gasteiger partial charge in [-0.1, -0.05) is 42.1 Å². The van der Waals surface area contributed by atoms with Crippen molar-refractivity contribution in [2.24, 2.45) is 4.99 Å². The molecule has 0 bridgehead atoms. The highest BCUT2D eigenvalue weighted by molar-refractivity contribution is 8.15. The predicted molar refractivity (Wildman–Crippen MR) is 144 cm³/mol. The highest BCUT2D eigenvalue weighted by atomic mass is 35.5. The van der Waals surface area contributed by atoms with Crippen LogP contribution in [0, 0.1) is 0 Å². The standard InChI is InChI=1S/C27H24ClF2N3O4S/c1-36-21-11-7-19(8-12-21)31-25(35)23-17-24(34)33(16-15-18-5-3-2-4-6-18)26(38-23)32-20-9-13-22(14-10-20)37-27(28,29)30/h2-14,23H,15-17H2,1H3,(H,31,35)/t23-/m0/s1. The monoisotopic (exact) mass is 559 g/mol. The van der Waals surface area contributed by atoms with Gasteiger partial charge >= 0.3 is 5.57 Å². The molecule has 0 aliphatic carbocycles. The molecule has 0 aromatic heterocycles. The van der Waals surface area contributed by atoms with Gasteiger partial charge in [-0.2, -0.15) is 0 Å². The Balaban J connectivity index is 1.54. The van der Waals surface area contributed by atoms with E-state index >= 15 is 0 Å². The lowest BCUT2D eigenvalue weighted by atomic mass is 10.1. The number of nitrogens with one attached hydrogen (secondary N) is 1. The van der Waals surface area contributed by atoms with Crippen molar-refractivity contribution in [1.29, 1.82) is 0 Å². The van der Waals surface area contributed by atoms with E-state index < -0.39 is 10.8 Å². The fourth-order valence-electron chi connectivity index (χ4n) is 3.68. The lowest BCUT2D eigenvalue weighted by Crippen LogP contribution is -2.46. The minimum Gasteiger partial charge on any atom is -0.497 e. The van der Waals surface area contributed by atoms with Crippen molar-refractivity contribution in [2.75, 3.05) is 19.0 Å². The number of ether oxygens (including phenoxy) is 2. The summed E-state index contributed by atoms with van der Waals surface area (Å²) in [5, 5.41) is 2.45. The molecule has 198 valence electrons. The molecule has 1 atom stereocenters. The lowest BCUT2D eigenvalue weighted by molar-refractivity contribution is -0.129. The summed E-state index contributed by atoms with van der Waals surface area (Å²) in [5.41, 5.74) is -1.82. The largest absolute Gasteiger partial charge is 0.497 e. The van der Waals surface area contributed by atoms with Crippen LogP contribution in [0.15, 0.2) is 83.9 Å². The van der Waals surface area contributed by atoms with Crippen molar-refractivity contribution in [1.82, 2.24) is 4.90 Å². The van der Waals surface area contributed by atoms with Gasteiger partial charge in [0.05, 0.1) is 12.8 Å². The molecule has 1 heterocycles. The van der Waals surface area contributed by atoms with E-state index in [0.717, 1.165) is 5.56 Å². The Labute approximate surface area is 227 Å². The minimum absolute atomic E-state index is 0.00194. The van der Waals surface area contributed by atoms with Crippen LogP contribution < -0.4 is 14.8 Å². The number of amidine groups is 1. The number of aliphatic imine (C=N–C) groups is 1. The maximum absolute atomic E-state index is 13.2. The van der Waals surface area contributed by atoms with E-state index in [-0.39, 0.29) is 24.0 Å². The second-order valence-electron chi connectivity index (χ2n) is 8.25. The molecule has 4 rings (SSSR count). The van der Waals surface area contributed by atoms with E-state index in [9.17, 15) is 18.4 Å². The van der Waals surface area contributed by atoms with Crippen LogP contribution in [0.3, 0.4) is 0 Å². The van der Waals surface area contributed by atoms with Crippen LogP contribution in [0.1, 0.15) is 12.0 Å². The number of carbonyl (C=O) groups excluding carboxylic acids is 2. The third-order valence-electron chi connectivity index (χ3n) is 5.55. The summed E-state index contributed by atoms with van der Waals surface area (Å²) in [4.78, 5) is 32.4. The first-order valence-corrected chi connectivity index (χ1v) is 12.9. The SMILES string of the molecule is COc1ccc(NC(=O)[C@@H]2CC(=O)N(CCc3ccccc3)C(=Nc3ccc(OC(F)(F)Cl)cc3)S2)cc1. The van der Waals surface area contributed by atoms with Gasteiger partial charge in [0.25, 0.3) is 0 Å². The van der Waals surface area contributed by atoms with Gasteiger partial charge in [-0.05, 0) is 60.5 Å². The van der Waals surface area contributed by atoms with Gasteiger partial charge in [-0.3, -0.25) is 14.5 Å². The number of anilines is 1. The molecule has 1 N–H and O–H groups in total. The van der Waals surface area contributed by atoms with E-state index in [2.05, 4.69) is 15.0 Å². The Morgan fingerprint density at radius 1 is 1.08 bits per heavy atom. The molecule has 1 aliphatic heterocycles. The Hall–Kier alpha value is -3.63. The zero-order chi connectivity index (χ0) is 27.1. The Morgan fingerprint density at radius 2 is 1.74 bits per heavy atom. The third kappa shape index (κ3) is 7.69. The van der Waals surface area contributed by atoms with Gasteiger partial charge in [-0.15, -0.1) is 8.78 Å². The van der Waals surface area contributed by atoms with Crippen molar-refractivity contribution in [2.45, 2.75) is 23.7 Å². The normalized spacial score (nSPS) is 16.8. The molecule has 0 spiro atoms. The second-order valence-corrected chi connectivity index (χ2v) is 9.86. The summed E-state index contributed by atoms with van der Waals surface area (Å²) in [6.45, 7) is 0.362. The highest BCUT2D eigenvalue weighted by Gasteiger charge is 2.36. The molecule has 1 aliphatic rings. The molecule has 0 saturated carbocycles. The van der Waals surface area contributed by atoms with Crippen LogP contribution in [0.25, 0.3) is 0 Å². The second kappa shape index (κ2) is 12.3. The number of halogens is 3. The number of rotatable bonds is 9. The summed E-state index contributed by atoms with van der Waals surface area (Å²) < 4.78 is 35.4. The Kier molecular flexibility index (Phi) is 8.85.